The molecule has 2 rings (SSSR count). The van der Waals surface area contributed by atoms with Gasteiger partial charge in [-0.05, 0) is 35.9 Å². The van der Waals surface area contributed by atoms with Crippen molar-refractivity contribution >= 4 is 29.1 Å². The van der Waals surface area contributed by atoms with Gasteiger partial charge >= 0.3 is 0 Å². The summed E-state index contributed by atoms with van der Waals surface area (Å²) in [6.45, 7) is 2.95. The fourth-order valence-electron chi connectivity index (χ4n) is 2.34. The molecule has 26 heavy (non-hydrogen) atoms. The molecule has 0 atom stereocenters. The van der Waals surface area contributed by atoms with E-state index < -0.39 is 0 Å². The van der Waals surface area contributed by atoms with Gasteiger partial charge in [0.1, 0.15) is 0 Å². The van der Waals surface area contributed by atoms with Crippen molar-refractivity contribution in [1.29, 1.82) is 5.26 Å². The minimum atomic E-state index is -0.369. The Bertz CT molecular complexity index is 866. The van der Waals surface area contributed by atoms with Crippen LogP contribution in [0.3, 0.4) is 0 Å². The predicted octanol–water partition coefficient (Wildman–Crippen LogP) is 2.41. The van der Waals surface area contributed by atoms with Crippen LogP contribution < -0.4 is 16.0 Å². The minimum Gasteiger partial charge on any atom is -0.348 e. The molecule has 0 aliphatic carbocycles. The van der Waals surface area contributed by atoms with Crippen LogP contribution in [0, 0.1) is 11.3 Å². The lowest BCUT2D eigenvalue weighted by Crippen LogP contribution is -2.23. The van der Waals surface area contributed by atoms with E-state index in [1.165, 1.54) is 26.0 Å². The van der Waals surface area contributed by atoms with Gasteiger partial charge in [-0.3, -0.25) is 14.4 Å². The average Bonchev–Trinajstić information content (AvgIpc) is 2.58. The Balaban J connectivity index is 2.19. The van der Waals surface area contributed by atoms with Crippen molar-refractivity contribution in [2.75, 3.05) is 10.6 Å². The quantitative estimate of drug-likeness (QED) is 0.769. The fraction of sp³-hybridized carbons (Fsp3) is 0.158. The lowest BCUT2D eigenvalue weighted by Gasteiger charge is -2.11. The summed E-state index contributed by atoms with van der Waals surface area (Å²) in [5.74, 6) is -0.944. The molecule has 3 amide bonds. The van der Waals surface area contributed by atoms with Crippen LogP contribution in [-0.4, -0.2) is 17.7 Å². The number of anilines is 2. The molecule has 0 bridgehead atoms. The molecule has 0 radical (unpaired) electrons. The maximum absolute atomic E-state index is 12.4. The molecule has 0 spiro atoms. The van der Waals surface area contributed by atoms with Crippen molar-refractivity contribution in [2.45, 2.75) is 20.4 Å². The number of carbonyl (C=O) groups is 3. The average molecular weight is 350 g/mol. The smallest absolute Gasteiger partial charge is 0.251 e. The molecule has 7 heteroatoms. The Morgan fingerprint density at radius 3 is 2.12 bits per heavy atom. The Labute approximate surface area is 151 Å². The Hall–Kier alpha value is -3.66. The first kappa shape index (κ1) is 18.7. The van der Waals surface area contributed by atoms with Crippen molar-refractivity contribution in [3.63, 3.8) is 0 Å². The standard InChI is InChI=1S/C19H18N4O3/c1-12(24)22-17-7-16(8-18(9-17)23-13(2)25)19(26)21-11-15-5-3-4-14(6-15)10-20/h3-9H,11H2,1-2H3,(H,21,26)(H,22,24)(H,23,25). The van der Waals surface area contributed by atoms with Gasteiger partial charge in [0.05, 0.1) is 11.6 Å². The molecule has 0 aromatic heterocycles. The lowest BCUT2D eigenvalue weighted by atomic mass is 10.1. The van der Waals surface area contributed by atoms with Crippen LogP contribution in [0.1, 0.15) is 35.3 Å². The van der Waals surface area contributed by atoms with E-state index in [0.717, 1.165) is 5.56 Å². The second-order valence-corrected chi connectivity index (χ2v) is 5.66. The minimum absolute atomic E-state index is 0.244. The van der Waals surface area contributed by atoms with Gasteiger partial charge in [-0.2, -0.15) is 5.26 Å². The van der Waals surface area contributed by atoms with E-state index in [9.17, 15) is 14.4 Å². The van der Waals surface area contributed by atoms with Crippen LogP contribution in [0.4, 0.5) is 11.4 Å². The largest absolute Gasteiger partial charge is 0.348 e. The van der Waals surface area contributed by atoms with Gasteiger partial charge in [0, 0.05) is 37.3 Å². The van der Waals surface area contributed by atoms with Crippen LogP contribution in [-0.2, 0) is 16.1 Å². The summed E-state index contributed by atoms with van der Waals surface area (Å²) >= 11 is 0. The number of rotatable bonds is 5. The van der Waals surface area contributed by atoms with Crippen molar-refractivity contribution in [1.82, 2.24) is 5.32 Å². The highest BCUT2D eigenvalue weighted by Crippen LogP contribution is 2.19. The SMILES string of the molecule is CC(=O)Nc1cc(NC(C)=O)cc(C(=O)NCc2cccc(C#N)c2)c1. The summed E-state index contributed by atoms with van der Waals surface area (Å²) in [7, 11) is 0. The molecule has 132 valence electrons. The number of benzene rings is 2. The van der Waals surface area contributed by atoms with Crippen LogP contribution >= 0.6 is 0 Å². The molecular weight excluding hydrogens is 332 g/mol. The number of amides is 3. The number of nitrogens with zero attached hydrogens (tertiary/aromatic N) is 1. The topological polar surface area (TPSA) is 111 Å². The molecule has 0 aliphatic rings. The van der Waals surface area contributed by atoms with E-state index in [-0.39, 0.29) is 29.8 Å². The molecule has 0 saturated heterocycles. The molecule has 3 N–H and O–H groups in total. The second-order valence-electron chi connectivity index (χ2n) is 5.66. The zero-order valence-corrected chi connectivity index (χ0v) is 14.4. The van der Waals surface area contributed by atoms with Crippen molar-refractivity contribution in [3.05, 3.63) is 59.2 Å². The van der Waals surface area contributed by atoms with Crippen molar-refractivity contribution in [3.8, 4) is 6.07 Å². The van der Waals surface area contributed by atoms with Gasteiger partial charge < -0.3 is 16.0 Å². The summed E-state index contributed by atoms with van der Waals surface area (Å²) in [6.07, 6.45) is 0. The molecule has 2 aromatic carbocycles. The molecule has 0 unspecified atom stereocenters. The van der Waals surface area contributed by atoms with Crippen LogP contribution in [0.2, 0.25) is 0 Å². The van der Waals surface area contributed by atoms with E-state index >= 15 is 0 Å². The third kappa shape index (κ3) is 5.46. The maximum atomic E-state index is 12.4. The van der Waals surface area contributed by atoms with E-state index in [0.29, 0.717) is 16.9 Å². The van der Waals surface area contributed by atoms with E-state index in [1.807, 2.05) is 6.07 Å². The third-order valence-corrected chi connectivity index (χ3v) is 3.35. The first-order valence-corrected chi connectivity index (χ1v) is 7.85. The molecule has 0 fully saturated rings. The highest BCUT2D eigenvalue weighted by molar-refractivity contribution is 5.99. The molecular formula is C19H18N4O3. The summed E-state index contributed by atoms with van der Waals surface area (Å²) in [6, 6.07) is 13.6. The van der Waals surface area contributed by atoms with E-state index in [1.54, 1.807) is 30.3 Å². The lowest BCUT2D eigenvalue weighted by molar-refractivity contribution is -0.115. The van der Waals surface area contributed by atoms with Crippen LogP contribution in [0.25, 0.3) is 0 Å². The Morgan fingerprint density at radius 1 is 0.962 bits per heavy atom. The van der Waals surface area contributed by atoms with E-state index in [4.69, 9.17) is 5.26 Å². The van der Waals surface area contributed by atoms with Crippen molar-refractivity contribution < 1.29 is 14.4 Å². The molecule has 7 nitrogen and oxygen atoms in total. The number of hydrogen-bond donors (Lipinski definition) is 3. The van der Waals surface area contributed by atoms with Gasteiger partial charge in [-0.1, -0.05) is 12.1 Å². The number of hydrogen-bond acceptors (Lipinski definition) is 4. The molecule has 0 heterocycles. The van der Waals surface area contributed by atoms with E-state index in [2.05, 4.69) is 16.0 Å². The summed E-state index contributed by atoms with van der Waals surface area (Å²) in [4.78, 5) is 35.0. The first-order chi connectivity index (χ1) is 12.4. The van der Waals surface area contributed by atoms with Gasteiger partial charge in [0.25, 0.3) is 5.91 Å². The van der Waals surface area contributed by atoms with Crippen LogP contribution in [0.5, 0.6) is 0 Å². The molecule has 0 saturated carbocycles. The normalized spacial score (nSPS) is 9.73. The zero-order valence-electron chi connectivity index (χ0n) is 14.4. The number of nitrogens with one attached hydrogen (secondary N) is 3. The van der Waals surface area contributed by atoms with Gasteiger partial charge in [-0.15, -0.1) is 0 Å². The Morgan fingerprint density at radius 2 is 1.58 bits per heavy atom. The van der Waals surface area contributed by atoms with Gasteiger partial charge in [0.15, 0.2) is 0 Å². The number of carbonyl (C=O) groups excluding carboxylic acids is 3. The highest BCUT2D eigenvalue weighted by Gasteiger charge is 2.10. The van der Waals surface area contributed by atoms with Crippen molar-refractivity contribution in [2.24, 2.45) is 0 Å². The van der Waals surface area contributed by atoms with Crippen LogP contribution in [0.15, 0.2) is 42.5 Å². The molecule has 2 aromatic rings. The highest BCUT2D eigenvalue weighted by atomic mass is 16.2. The monoisotopic (exact) mass is 350 g/mol. The Kier molecular flexibility index (Phi) is 6.06. The maximum Gasteiger partial charge on any atom is 0.251 e. The second kappa shape index (κ2) is 8.44. The summed E-state index contributed by atoms with van der Waals surface area (Å²) in [5.41, 5.74) is 2.40. The first-order valence-electron chi connectivity index (χ1n) is 7.85. The number of nitriles is 1. The zero-order chi connectivity index (χ0) is 19.1. The molecule has 0 aliphatic heterocycles. The fourth-order valence-corrected chi connectivity index (χ4v) is 2.34. The third-order valence-electron chi connectivity index (χ3n) is 3.35. The van der Waals surface area contributed by atoms with Gasteiger partial charge in [-0.25, -0.2) is 0 Å². The van der Waals surface area contributed by atoms with Gasteiger partial charge in [0.2, 0.25) is 11.8 Å². The summed E-state index contributed by atoms with van der Waals surface area (Å²) in [5, 5.41) is 16.9. The summed E-state index contributed by atoms with van der Waals surface area (Å²) < 4.78 is 0. The predicted molar refractivity (Wildman–Crippen MR) is 97.4 cm³/mol.